The number of amides is 2. The number of halogens is 3. The average molecular weight is 560 g/mol. The van der Waals surface area contributed by atoms with Gasteiger partial charge in [-0.25, -0.2) is 0 Å². The van der Waals surface area contributed by atoms with Gasteiger partial charge < -0.3 is 10.2 Å². The summed E-state index contributed by atoms with van der Waals surface area (Å²) in [4.78, 5) is 27.8. The first-order valence-electron chi connectivity index (χ1n) is 10.5. The Kier molecular flexibility index (Phi) is 11.4. The third-order valence-electron chi connectivity index (χ3n) is 4.83. The Morgan fingerprint density at radius 3 is 2.41 bits per heavy atom. The first-order chi connectivity index (χ1) is 15.2. The fourth-order valence-electron chi connectivity index (χ4n) is 3.10. The number of nitrogens with zero attached hydrogens (tertiary/aromatic N) is 1. The standard InChI is InChI=1S/C24H29BrCl2N2O2S/c1-4-22(24(31)28-12-16(2)3)29(13-18-7-10-20(26)11-21(18)27)23(30)15-32-14-17-5-8-19(25)9-6-17/h5-11,16,22H,4,12-15H2,1-3H3,(H,28,31)/t22-/m0/s1. The highest BCUT2D eigenvalue weighted by Gasteiger charge is 2.29. The molecule has 2 rings (SSSR count). The number of benzene rings is 2. The minimum absolute atomic E-state index is 0.0929. The third kappa shape index (κ3) is 8.62. The maximum Gasteiger partial charge on any atom is 0.242 e. The first-order valence-corrected chi connectivity index (χ1v) is 13.2. The highest BCUT2D eigenvalue weighted by molar-refractivity contribution is 9.10. The van der Waals surface area contributed by atoms with E-state index in [0.29, 0.717) is 34.7 Å². The van der Waals surface area contributed by atoms with Gasteiger partial charge in [-0.3, -0.25) is 9.59 Å². The maximum absolute atomic E-state index is 13.3. The van der Waals surface area contributed by atoms with Gasteiger partial charge in [0.25, 0.3) is 0 Å². The van der Waals surface area contributed by atoms with Crippen LogP contribution < -0.4 is 5.32 Å². The van der Waals surface area contributed by atoms with Crippen LogP contribution in [-0.4, -0.2) is 35.1 Å². The molecule has 0 unspecified atom stereocenters. The Bertz CT molecular complexity index is 909. The molecule has 2 aromatic carbocycles. The zero-order valence-corrected chi connectivity index (χ0v) is 22.5. The number of hydrogen-bond acceptors (Lipinski definition) is 3. The van der Waals surface area contributed by atoms with E-state index in [-0.39, 0.29) is 24.1 Å². The van der Waals surface area contributed by atoms with Gasteiger partial charge in [-0.15, -0.1) is 11.8 Å². The Hall–Kier alpha value is -1.21. The SMILES string of the molecule is CC[C@@H](C(=O)NCC(C)C)N(Cc1ccc(Cl)cc1Cl)C(=O)CSCc1ccc(Br)cc1. The van der Waals surface area contributed by atoms with Crippen molar-refractivity contribution in [2.75, 3.05) is 12.3 Å². The molecule has 0 aliphatic rings. The topological polar surface area (TPSA) is 49.4 Å². The number of rotatable bonds is 11. The molecule has 2 aromatic rings. The van der Waals surface area contributed by atoms with Gasteiger partial charge in [-0.2, -0.15) is 0 Å². The van der Waals surface area contributed by atoms with Gasteiger partial charge in [0.05, 0.1) is 5.75 Å². The van der Waals surface area contributed by atoms with E-state index < -0.39 is 6.04 Å². The lowest BCUT2D eigenvalue weighted by atomic mass is 10.1. The van der Waals surface area contributed by atoms with Gasteiger partial charge in [0, 0.05) is 33.4 Å². The lowest BCUT2D eigenvalue weighted by Crippen LogP contribution is -2.50. The van der Waals surface area contributed by atoms with Crippen LogP contribution in [-0.2, 0) is 21.9 Å². The fourth-order valence-corrected chi connectivity index (χ4v) is 4.70. The van der Waals surface area contributed by atoms with Crippen molar-refractivity contribution in [3.63, 3.8) is 0 Å². The van der Waals surface area contributed by atoms with Crippen molar-refractivity contribution < 1.29 is 9.59 Å². The average Bonchev–Trinajstić information content (AvgIpc) is 2.74. The molecule has 1 atom stereocenters. The van der Waals surface area contributed by atoms with Crippen molar-refractivity contribution in [3.05, 3.63) is 68.1 Å². The molecule has 1 N–H and O–H groups in total. The smallest absolute Gasteiger partial charge is 0.242 e. The van der Waals surface area contributed by atoms with Gasteiger partial charge >= 0.3 is 0 Å². The Balaban J connectivity index is 2.15. The summed E-state index contributed by atoms with van der Waals surface area (Å²) < 4.78 is 1.02. The molecule has 8 heteroatoms. The quantitative estimate of drug-likeness (QED) is 0.339. The largest absolute Gasteiger partial charge is 0.354 e. The second kappa shape index (κ2) is 13.5. The van der Waals surface area contributed by atoms with Gasteiger partial charge in [0.1, 0.15) is 6.04 Å². The number of hydrogen-bond donors (Lipinski definition) is 1. The predicted octanol–water partition coefficient (Wildman–Crippen LogP) is 6.57. The molecule has 174 valence electrons. The van der Waals surface area contributed by atoms with Gasteiger partial charge in [0.2, 0.25) is 11.8 Å². The van der Waals surface area contributed by atoms with Crippen LogP contribution in [0, 0.1) is 5.92 Å². The summed E-state index contributed by atoms with van der Waals surface area (Å²) in [5.74, 6) is 1.08. The first kappa shape index (κ1) is 27.0. The van der Waals surface area contributed by atoms with E-state index in [2.05, 4.69) is 21.2 Å². The van der Waals surface area contributed by atoms with E-state index >= 15 is 0 Å². The molecule has 0 aliphatic heterocycles. The molecular formula is C24H29BrCl2N2O2S. The number of thioether (sulfide) groups is 1. The second-order valence-electron chi connectivity index (χ2n) is 7.94. The van der Waals surface area contributed by atoms with Gasteiger partial charge in [-0.05, 0) is 47.7 Å². The van der Waals surface area contributed by atoms with Crippen molar-refractivity contribution in [2.45, 2.75) is 45.5 Å². The molecule has 0 spiro atoms. The molecule has 0 radical (unpaired) electrons. The van der Waals surface area contributed by atoms with Crippen molar-refractivity contribution in [1.29, 1.82) is 0 Å². The molecule has 0 heterocycles. The second-order valence-corrected chi connectivity index (χ2v) is 10.7. The van der Waals surface area contributed by atoms with E-state index in [1.54, 1.807) is 23.1 Å². The molecule has 0 saturated heterocycles. The lowest BCUT2D eigenvalue weighted by Gasteiger charge is -2.31. The number of carbonyl (C=O) groups is 2. The van der Waals surface area contributed by atoms with Crippen molar-refractivity contribution in [3.8, 4) is 0 Å². The van der Waals surface area contributed by atoms with Crippen LogP contribution >= 0.6 is 50.9 Å². The molecule has 0 bridgehead atoms. The van der Waals surface area contributed by atoms with Crippen LogP contribution in [0.5, 0.6) is 0 Å². The summed E-state index contributed by atoms with van der Waals surface area (Å²) in [6.45, 7) is 6.81. The Morgan fingerprint density at radius 1 is 1.12 bits per heavy atom. The Labute approximate surface area is 213 Å². The van der Waals surface area contributed by atoms with Crippen molar-refractivity contribution in [1.82, 2.24) is 10.2 Å². The fraction of sp³-hybridized carbons (Fsp3) is 0.417. The molecule has 0 aliphatic carbocycles. The van der Waals surface area contributed by atoms with Crippen LogP contribution in [0.25, 0.3) is 0 Å². The van der Waals surface area contributed by atoms with Crippen LogP contribution in [0.2, 0.25) is 10.0 Å². The summed E-state index contributed by atoms with van der Waals surface area (Å²) in [5, 5.41) is 3.98. The number of carbonyl (C=O) groups excluding carboxylic acids is 2. The molecule has 0 saturated carbocycles. The van der Waals surface area contributed by atoms with Crippen molar-refractivity contribution in [2.24, 2.45) is 5.92 Å². The predicted molar refractivity (Wildman–Crippen MR) is 139 cm³/mol. The molecule has 2 amide bonds. The van der Waals surface area contributed by atoms with Crippen molar-refractivity contribution >= 4 is 62.7 Å². The summed E-state index contributed by atoms with van der Waals surface area (Å²) in [7, 11) is 0. The van der Waals surface area contributed by atoms with E-state index in [1.807, 2.05) is 45.0 Å². The monoisotopic (exact) mass is 558 g/mol. The van der Waals surface area contributed by atoms with Crippen LogP contribution in [0.4, 0.5) is 0 Å². The molecule has 0 fully saturated rings. The molecule has 32 heavy (non-hydrogen) atoms. The Morgan fingerprint density at radius 2 is 1.81 bits per heavy atom. The van der Waals surface area contributed by atoms with Crippen LogP contribution in [0.1, 0.15) is 38.3 Å². The minimum Gasteiger partial charge on any atom is -0.354 e. The lowest BCUT2D eigenvalue weighted by molar-refractivity contribution is -0.139. The van der Waals surface area contributed by atoms with E-state index in [4.69, 9.17) is 23.2 Å². The zero-order valence-electron chi connectivity index (χ0n) is 18.5. The van der Waals surface area contributed by atoms with Crippen LogP contribution in [0.15, 0.2) is 46.9 Å². The molecular weight excluding hydrogens is 531 g/mol. The van der Waals surface area contributed by atoms with Crippen LogP contribution in [0.3, 0.4) is 0 Å². The third-order valence-corrected chi connectivity index (χ3v) is 6.94. The minimum atomic E-state index is -0.568. The summed E-state index contributed by atoms with van der Waals surface area (Å²) >= 11 is 17.4. The van der Waals surface area contributed by atoms with E-state index in [0.717, 1.165) is 15.6 Å². The summed E-state index contributed by atoms with van der Waals surface area (Å²) in [6.07, 6.45) is 0.512. The van der Waals surface area contributed by atoms with Gasteiger partial charge in [0.15, 0.2) is 0 Å². The van der Waals surface area contributed by atoms with Gasteiger partial charge in [-0.1, -0.05) is 78.1 Å². The maximum atomic E-state index is 13.3. The highest BCUT2D eigenvalue weighted by atomic mass is 79.9. The van der Waals surface area contributed by atoms with E-state index in [9.17, 15) is 9.59 Å². The summed E-state index contributed by atoms with van der Waals surface area (Å²) in [5.41, 5.74) is 1.90. The molecule has 0 aromatic heterocycles. The normalized spacial score (nSPS) is 12.0. The number of nitrogens with one attached hydrogen (secondary N) is 1. The summed E-state index contributed by atoms with van der Waals surface area (Å²) in [6, 6.07) is 12.7. The highest BCUT2D eigenvalue weighted by Crippen LogP contribution is 2.24. The zero-order chi connectivity index (χ0) is 23.7. The molecule has 4 nitrogen and oxygen atoms in total. The van der Waals surface area contributed by atoms with E-state index in [1.165, 1.54) is 11.8 Å².